The number of carbonyl (C=O) groups excluding carboxylic acids is 3. The highest BCUT2D eigenvalue weighted by molar-refractivity contribution is 7.59. The van der Waals surface area contributed by atoms with Gasteiger partial charge in [-0.25, -0.2) is 14.8 Å². The maximum atomic E-state index is 13.8. The maximum Gasteiger partial charge on any atom is 0.410 e. The van der Waals surface area contributed by atoms with Crippen LogP contribution in [-0.2, 0) is 30.9 Å². The lowest BCUT2D eigenvalue weighted by Gasteiger charge is -2.28. The fourth-order valence-corrected chi connectivity index (χ4v) is 8.06. The van der Waals surface area contributed by atoms with Crippen LogP contribution < -0.4 is 16.0 Å². The molecule has 0 fully saturated rings. The van der Waals surface area contributed by atoms with Gasteiger partial charge in [0.1, 0.15) is 29.3 Å². The van der Waals surface area contributed by atoms with Crippen molar-refractivity contribution in [3.8, 4) is 22.8 Å². The maximum absolute atomic E-state index is 13.8. The number of hydrogen-bond acceptors (Lipinski definition) is 13. The minimum absolute atomic E-state index is 0. The number of ether oxygens (including phenoxy) is 1. The van der Waals surface area contributed by atoms with Gasteiger partial charge in [-0.1, -0.05) is 120 Å². The van der Waals surface area contributed by atoms with Crippen LogP contribution in [0.25, 0.3) is 22.8 Å². The molecule has 6 heterocycles. The summed E-state index contributed by atoms with van der Waals surface area (Å²) in [6.45, 7) is 24.7. The second kappa shape index (κ2) is 23.3. The van der Waals surface area contributed by atoms with Gasteiger partial charge in [0.2, 0.25) is 11.8 Å². The van der Waals surface area contributed by atoms with Gasteiger partial charge in [0.15, 0.2) is 23.0 Å². The summed E-state index contributed by atoms with van der Waals surface area (Å²) in [4.78, 5) is 60.1. The average molecular weight is 1000 g/mol. The smallest absolute Gasteiger partial charge is 0.410 e. The minimum Gasteiger partial charge on any atom is -0.444 e. The van der Waals surface area contributed by atoms with E-state index in [-0.39, 0.29) is 63.9 Å². The molecule has 2 aliphatic rings. The van der Waals surface area contributed by atoms with Crippen LogP contribution in [0.15, 0.2) is 69.7 Å². The van der Waals surface area contributed by atoms with Crippen LogP contribution in [0.3, 0.4) is 0 Å². The number of nitrogens with one attached hydrogen (secondary N) is 3. The molecule has 0 radical (unpaired) electrons. The van der Waals surface area contributed by atoms with Gasteiger partial charge < -0.3 is 43.8 Å². The lowest BCUT2D eigenvalue weighted by Crippen LogP contribution is -2.39. The van der Waals surface area contributed by atoms with Crippen molar-refractivity contribution in [1.82, 2.24) is 60.2 Å². The van der Waals surface area contributed by atoms with Crippen molar-refractivity contribution < 1.29 is 28.2 Å². The number of aromatic nitrogens is 8. The molecule has 0 aliphatic carbocycles. The molecule has 4 aromatic heterocycles. The molecule has 2 atom stereocenters. The summed E-state index contributed by atoms with van der Waals surface area (Å²) in [7, 11) is 0. The molecule has 2 aliphatic heterocycles. The predicted molar refractivity (Wildman–Crippen MR) is 278 cm³/mol. The Morgan fingerprint density at radius 3 is 1.51 bits per heavy atom. The van der Waals surface area contributed by atoms with Crippen LogP contribution in [0.5, 0.6) is 0 Å². The number of nitrogens with zero attached hydrogens (tertiary/aromatic N) is 9. The van der Waals surface area contributed by atoms with Crippen LogP contribution >= 0.6 is 27.0 Å². The van der Waals surface area contributed by atoms with Gasteiger partial charge in [0, 0.05) is 37.3 Å². The normalized spacial score (nSPS) is 14.5. The molecule has 18 nitrogen and oxygen atoms in total. The van der Waals surface area contributed by atoms with E-state index in [0.717, 1.165) is 42.2 Å². The SMILES string of the molecule is C.Cc1noc([C@@H](NC(=O)c2nc(-c3ccccc3)n3c2CN(C(=O)OC(C)(C)C)CCC3)C(C)(C)C)n1.Cc1noc([C@@H](NC(=O)c2nc(-c3ccccc3)n3c2CNCCC3)C(C)(C)C)n1.S.S. The molecule has 0 bridgehead atoms. The number of amides is 3. The molecule has 2 aromatic carbocycles. The summed E-state index contributed by atoms with van der Waals surface area (Å²) in [5, 5.41) is 17.4. The molecule has 6 aromatic rings. The second-order valence-electron chi connectivity index (χ2n) is 20.2. The fourth-order valence-electron chi connectivity index (χ4n) is 8.06. The Morgan fingerprint density at radius 2 is 1.09 bits per heavy atom. The van der Waals surface area contributed by atoms with Crippen molar-refractivity contribution in [3.63, 3.8) is 0 Å². The van der Waals surface area contributed by atoms with Gasteiger partial charge in [-0.05, 0) is 64.8 Å². The van der Waals surface area contributed by atoms with E-state index in [0.29, 0.717) is 66.7 Å². The van der Waals surface area contributed by atoms with Crippen LogP contribution in [0.4, 0.5) is 4.79 Å². The summed E-state index contributed by atoms with van der Waals surface area (Å²) in [5.41, 5.74) is 2.82. The number of carbonyl (C=O) groups is 3. The first-order valence-electron chi connectivity index (χ1n) is 22.9. The lowest BCUT2D eigenvalue weighted by atomic mass is 9.86. The average Bonchev–Trinajstić information content (AvgIpc) is 3.99. The zero-order valence-corrected chi connectivity index (χ0v) is 43.6. The Bertz CT molecular complexity index is 2680. The van der Waals surface area contributed by atoms with Gasteiger partial charge in [0.05, 0.1) is 17.9 Å². The molecule has 0 unspecified atom stereocenters. The van der Waals surface area contributed by atoms with E-state index < -0.39 is 29.2 Å². The topological polar surface area (TPSA) is 213 Å². The molecule has 0 saturated heterocycles. The number of aryl methyl sites for hydroxylation is 2. The Hall–Kier alpha value is -5.99. The Balaban J connectivity index is 0.000000297. The second-order valence-corrected chi connectivity index (χ2v) is 20.2. The molecule has 3 N–H and O–H groups in total. The number of benzene rings is 2. The predicted octanol–water partition coefficient (Wildman–Crippen LogP) is 9.01. The Morgan fingerprint density at radius 1 is 0.643 bits per heavy atom. The van der Waals surface area contributed by atoms with E-state index in [1.165, 1.54) is 0 Å². The van der Waals surface area contributed by atoms with Crippen molar-refractivity contribution in [2.75, 3.05) is 13.1 Å². The Kier molecular flexibility index (Phi) is 18.8. The van der Waals surface area contributed by atoms with E-state index in [1.807, 2.05) is 128 Å². The molecule has 0 saturated carbocycles. The van der Waals surface area contributed by atoms with Gasteiger partial charge in [-0.3, -0.25) is 9.59 Å². The van der Waals surface area contributed by atoms with Crippen molar-refractivity contribution >= 4 is 44.9 Å². The molecule has 20 heteroatoms. The first-order chi connectivity index (χ1) is 31.7. The number of rotatable bonds is 8. The molecular formula is C50H72N12O6S2. The third-order valence-corrected chi connectivity index (χ3v) is 11.3. The van der Waals surface area contributed by atoms with Crippen LogP contribution in [-0.4, -0.2) is 80.9 Å². The highest BCUT2D eigenvalue weighted by Crippen LogP contribution is 2.35. The van der Waals surface area contributed by atoms with Crippen molar-refractivity contribution in [3.05, 3.63) is 107 Å². The first-order valence-corrected chi connectivity index (χ1v) is 22.9. The van der Waals surface area contributed by atoms with Crippen LogP contribution in [0.1, 0.15) is 150 Å². The summed E-state index contributed by atoms with van der Waals surface area (Å²) in [5.74, 6) is 2.68. The lowest BCUT2D eigenvalue weighted by molar-refractivity contribution is 0.0235. The van der Waals surface area contributed by atoms with Gasteiger partial charge in [-0.2, -0.15) is 37.0 Å². The van der Waals surface area contributed by atoms with E-state index in [9.17, 15) is 14.4 Å². The minimum atomic E-state index is -0.624. The molecule has 380 valence electrons. The summed E-state index contributed by atoms with van der Waals surface area (Å²) < 4.78 is 20.6. The molecule has 8 rings (SSSR count). The quantitative estimate of drug-likeness (QED) is 0.130. The van der Waals surface area contributed by atoms with Crippen molar-refractivity contribution in [1.29, 1.82) is 0 Å². The molecule has 3 amide bonds. The van der Waals surface area contributed by atoms with E-state index >= 15 is 0 Å². The number of hydrogen-bond donors (Lipinski definition) is 3. The van der Waals surface area contributed by atoms with E-state index in [1.54, 1.807) is 18.7 Å². The highest BCUT2D eigenvalue weighted by Gasteiger charge is 2.37. The fraction of sp³-hybridized carbons (Fsp3) is 0.500. The van der Waals surface area contributed by atoms with Crippen LogP contribution in [0, 0.1) is 24.7 Å². The van der Waals surface area contributed by atoms with E-state index in [4.69, 9.17) is 23.8 Å². The van der Waals surface area contributed by atoms with E-state index in [2.05, 4.69) is 40.8 Å². The van der Waals surface area contributed by atoms with Gasteiger partial charge in [-0.15, -0.1) is 0 Å². The molecule has 70 heavy (non-hydrogen) atoms. The number of fused-ring (bicyclic) bond motifs is 2. The summed E-state index contributed by atoms with van der Waals surface area (Å²) in [6, 6.07) is 18.8. The highest BCUT2D eigenvalue weighted by atomic mass is 32.1. The zero-order valence-electron chi connectivity index (χ0n) is 41.6. The van der Waals surface area contributed by atoms with Gasteiger partial charge >= 0.3 is 6.09 Å². The van der Waals surface area contributed by atoms with Crippen LogP contribution in [0.2, 0.25) is 0 Å². The van der Waals surface area contributed by atoms with Crippen molar-refractivity contribution in [2.45, 2.75) is 140 Å². The molecular weight excluding hydrogens is 929 g/mol. The number of imidazole rings is 2. The standard InChI is InChI=1S/C27H36N6O4.C22H28N6O2.CH4.2H2S/c1-17-28-24(37-31-17)21(26(2,3)4)30-23(34)20-19-16-32(25(35)36-27(5,6)7)14-11-15-33(19)22(29-20)18-12-9-8-10-13-18;1-14-24-21(30-27-14)18(22(2,3)4)26-20(29)17-16-13-23-11-8-12-28(16)19(25-17)15-9-6-5-7-10-15;;;/h8-10,12-13,21H,11,14-16H2,1-7H3,(H,30,34);5-7,9-10,18,23H,8,11-13H2,1-4H3,(H,26,29);1H4;2*1H2/t21-;18-;;;/m11.../s1. The largest absolute Gasteiger partial charge is 0.444 e. The third-order valence-electron chi connectivity index (χ3n) is 11.3. The monoisotopic (exact) mass is 1000 g/mol. The summed E-state index contributed by atoms with van der Waals surface area (Å²) in [6.07, 6.45) is 1.27. The van der Waals surface area contributed by atoms with Crippen molar-refractivity contribution in [2.24, 2.45) is 10.8 Å². The van der Waals surface area contributed by atoms with Gasteiger partial charge in [0.25, 0.3) is 11.8 Å². The zero-order chi connectivity index (χ0) is 48.3. The third kappa shape index (κ3) is 13.4. The molecule has 0 spiro atoms. The Labute approximate surface area is 425 Å². The first kappa shape index (κ1) is 56.6. The summed E-state index contributed by atoms with van der Waals surface area (Å²) >= 11 is 0.